The molecule has 290 valence electrons. The zero-order valence-electron chi connectivity index (χ0n) is 29.8. The number of hydrogen-bond donors (Lipinski definition) is 4. The third kappa shape index (κ3) is 18.9. The summed E-state index contributed by atoms with van der Waals surface area (Å²) < 4.78 is 19.5. The van der Waals surface area contributed by atoms with Crippen molar-refractivity contribution in [3.8, 4) is 0 Å². The SMILES string of the molecule is CCCCCCCCCC(=O)OCCN1CCN(C2Cc3ccc(F)cc3Sc3ccc(Cl)cc32)CC1.O=C(O)/C=C/C(=O)O.O=C(O)/C=C/C(=O)O. The van der Waals surface area contributed by atoms with E-state index in [1.165, 1.54) is 43.2 Å². The van der Waals surface area contributed by atoms with Crippen LogP contribution in [0.4, 0.5) is 4.39 Å². The van der Waals surface area contributed by atoms with Gasteiger partial charge in [-0.3, -0.25) is 14.6 Å². The molecule has 0 aromatic heterocycles. The second kappa shape index (κ2) is 24.9. The largest absolute Gasteiger partial charge is 0.478 e. The lowest BCUT2D eigenvalue weighted by molar-refractivity contribution is -0.144. The van der Waals surface area contributed by atoms with Crippen molar-refractivity contribution in [2.45, 2.75) is 80.5 Å². The average Bonchev–Trinajstić information content (AvgIpc) is 3.26. The Balaban J connectivity index is 0.000000506. The Kier molecular flexibility index (Phi) is 21.1. The maximum atomic E-state index is 14.0. The highest BCUT2D eigenvalue weighted by Gasteiger charge is 2.30. The summed E-state index contributed by atoms with van der Waals surface area (Å²) in [5.74, 6) is -5.29. The van der Waals surface area contributed by atoms with Gasteiger partial charge in [-0.2, -0.15) is 0 Å². The Bertz CT molecular complexity index is 1510. The fourth-order valence-corrected chi connectivity index (χ4v) is 6.92. The molecule has 0 aliphatic carbocycles. The van der Waals surface area contributed by atoms with Gasteiger partial charge in [0.1, 0.15) is 12.4 Å². The van der Waals surface area contributed by atoms with Crippen molar-refractivity contribution in [2.24, 2.45) is 0 Å². The van der Waals surface area contributed by atoms with Crippen molar-refractivity contribution in [2.75, 3.05) is 39.3 Å². The first kappa shape index (κ1) is 44.9. The average molecular weight is 779 g/mol. The lowest BCUT2D eigenvalue weighted by atomic mass is 9.96. The minimum absolute atomic E-state index is 0.0632. The van der Waals surface area contributed by atoms with Gasteiger partial charge in [-0.15, -0.1) is 0 Å². The summed E-state index contributed by atoms with van der Waals surface area (Å²) in [6.45, 7) is 7.21. The van der Waals surface area contributed by atoms with Crippen molar-refractivity contribution < 1.29 is 53.5 Å². The number of carbonyl (C=O) groups is 5. The molecule has 15 heteroatoms. The Morgan fingerprint density at radius 2 is 1.36 bits per heavy atom. The standard InChI is InChI=1S/C30H40ClFN2O2S.2C4H4O4/c1-2-3-4-5-6-7-8-9-30(35)36-19-18-33-14-16-34(17-15-33)27-20-23-10-12-25(32)22-29(23)37-28-13-11-24(31)21-26(27)28;2*5-3(6)1-2-4(7)8/h10-13,21-22,27H,2-9,14-20H2,1H3;2*1-2H,(H,5,6)(H,7,8)/b;2*2-1+. The van der Waals surface area contributed by atoms with Crippen LogP contribution in [0.2, 0.25) is 5.02 Å². The highest BCUT2D eigenvalue weighted by molar-refractivity contribution is 7.99. The Morgan fingerprint density at radius 1 is 0.792 bits per heavy atom. The molecule has 1 unspecified atom stereocenters. The van der Waals surface area contributed by atoms with Gasteiger partial charge in [0.15, 0.2) is 0 Å². The molecule has 1 atom stereocenters. The van der Waals surface area contributed by atoms with Crippen LogP contribution in [0, 0.1) is 5.82 Å². The smallest absolute Gasteiger partial charge is 0.328 e. The quantitative estimate of drug-likeness (QED) is 0.0781. The molecule has 0 radical (unpaired) electrons. The van der Waals surface area contributed by atoms with Crippen molar-refractivity contribution in [1.82, 2.24) is 9.80 Å². The molecule has 0 saturated carbocycles. The number of rotatable bonds is 16. The summed E-state index contributed by atoms with van der Waals surface area (Å²) >= 11 is 8.04. The molecule has 1 fully saturated rings. The predicted molar refractivity (Wildman–Crippen MR) is 199 cm³/mol. The number of halogens is 2. The third-order valence-corrected chi connectivity index (χ3v) is 9.66. The van der Waals surface area contributed by atoms with Gasteiger partial charge in [0.25, 0.3) is 0 Å². The van der Waals surface area contributed by atoms with Crippen LogP contribution in [0.3, 0.4) is 0 Å². The van der Waals surface area contributed by atoms with Crippen LogP contribution in [0.15, 0.2) is 70.5 Å². The molecule has 1 saturated heterocycles. The topological polar surface area (TPSA) is 182 Å². The van der Waals surface area contributed by atoms with E-state index in [0.717, 1.165) is 66.8 Å². The van der Waals surface area contributed by atoms with Crippen LogP contribution in [-0.4, -0.2) is 99.4 Å². The third-order valence-electron chi connectivity index (χ3n) is 8.23. The molecule has 4 N–H and O–H groups in total. The van der Waals surface area contributed by atoms with Crippen molar-refractivity contribution in [3.63, 3.8) is 0 Å². The Hall–Kier alpha value is -4.24. The van der Waals surface area contributed by atoms with E-state index >= 15 is 0 Å². The molecule has 2 aromatic carbocycles. The lowest BCUT2D eigenvalue weighted by Gasteiger charge is -2.39. The number of carbonyl (C=O) groups excluding carboxylic acids is 1. The number of esters is 1. The summed E-state index contributed by atoms with van der Waals surface area (Å²) in [4.78, 5) is 57.3. The first-order valence-electron chi connectivity index (χ1n) is 17.4. The number of aliphatic carboxylic acids is 4. The van der Waals surface area contributed by atoms with Gasteiger partial charge < -0.3 is 25.2 Å². The van der Waals surface area contributed by atoms with Gasteiger partial charge in [-0.1, -0.05) is 74.9 Å². The number of benzene rings is 2. The molecule has 2 heterocycles. The number of hydrogen-bond acceptors (Lipinski definition) is 9. The second-order valence-electron chi connectivity index (χ2n) is 12.2. The molecule has 12 nitrogen and oxygen atoms in total. The minimum Gasteiger partial charge on any atom is -0.478 e. The molecular formula is C38H48ClFN2O10S. The van der Waals surface area contributed by atoms with Crippen molar-refractivity contribution in [1.29, 1.82) is 0 Å². The number of unbranched alkanes of at least 4 members (excludes halogenated alkanes) is 6. The van der Waals surface area contributed by atoms with Crippen LogP contribution in [0.5, 0.6) is 0 Å². The number of ether oxygens (including phenoxy) is 1. The first-order chi connectivity index (χ1) is 25.3. The zero-order chi connectivity index (χ0) is 39.2. The number of nitrogens with zero attached hydrogens (tertiary/aromatic N) is 2. The minimum atomic E-state index is -1.26. The summed E-state index contributed by atoms with van der Waals surface area (Å²) in [5.41, 5.74) is 2.40. The summed E-state index contributed by atoms with van der Waals surface area (Å²) in [6.07, 6.45) is 12.0. The summed E-state index contributed by atoms with van der Waals surface area (Å²) in [5, 5.41) is 32.0. The number of carboxylic acid groups (broad SMARTS) is 4. The van der Waals surface area contributed by atoms with E-state index in [0.29, 0.717) is 37.3 Å². The van der Waals surface area contributed by atoms with E-state index in [4.69, 9.17) is 36.8 Å². The van der Waals surface area contributed by atoms with E-state index in [2.05, 4.69) is 28.9 Å². The summed E-state index contributed by atoms with van der Waals surface area (Å²) in [6, 6.07) is 11.4. The van der Waals surface area contributed by atoms with Gasteiger partial charge in [-0.05, 0) is 54.3 Å². The molecule has 0 amide bonds. The highest BCUT2D eigenvalue weighted by atomic mass is 35.5. The molecule has 53 heavy (non-hydrogen) atoms. The highest BCUT2D eigenvalue weighted by Crippen LogP contribution is 2.44. The molecular weight excluding hydrogens is 731 g/mol. The molecule has 4 rings (SSSR count). The van der Waals surface area contributed by atoms with Crippen LogP contribution in [0.1, 0.15) is 75.5 Å². The maximum absolute atomic E-state index is 14.0. The van der Waals surface area contributed by atoms with Gasteiger partial charge >= 0.3 is 29.8 Å². The first-order valence-corrected chi connectivity index (χ1v) is 18.6. The van der Waals surface area contributed by atoms with E-state index in [9.17, 15) is 28.4 Å². The number of piperazine rings is 1. The van der Waals surface area contributed by atoms with Gasteiger partial charge in [0.2, 0.25) is 0 Å². The van der Waals surface area contributed by atoms with E-state index in [-0.39, 0.29) is 17.8 Å². The fraction of sp³-hybridized carbons (Fsp3) is 0.447. The van der Waals surface area contributed by atoms with E-state index < -0.39 is 23.9 Å². The number of fused-ring (bicyclic) bond motifs is 2. The molecule has 2 aromatic rings. The van der Waals surface area contributed by atoms with Crippen LogP contribution < -0.4 is 0 Å². The van der Waals surface area contributed by atoms with Gasteiger partial charge in [0, 0.05) is 84.3 Å². The lowest BCUT2D eigenvalue weighted by Crippen LogP contribution is -2.48. The fourth-order valence-electron chi connectivity index (χ4n) is 5.60. The van der Waals surface area contributed by atoms with Gasteiger partial charge in [0.05, 0.1) is 0 Å². The normalized spacial score (nSPS) is 15.6. The molecule has 0 spiro atoms. The summed E-state index contributed by atoms with van der Waals surface area (Å²) in [7, 11) is 0. The van der Waals surface area contributed by atoms with Gasteiger partial charge in [-0.25, -0.2) is 23.6 Å². The molecule has 2 aliphatic heterocycles. The van der Waals surface area contributed by atoms with Crippen LogP contribution in [-0.2, 0) is 35.1 Å². The Labute approximate surface area is 318 Å². The van der Waals surface area contributed by atoms with Crippen LogP contribution >= 0.6 is 23.4 Å². The monoisotopic (exact) mass is 778 g/mol. The maximum Gasteiger partial charge on any atom is 0.328 e. The molecule has 2 aliphatic rings. The Morgan fingerprint density at radius 3 is 1.92 bits per heavy atom. The van der Waals surface area contributed by atoms with Crippen molar-refractivity contribution in [3.05, 3.63) is 82.7 Å². The van der Waals surface area contributed by atoms with Crippen molar-refractivity contribution >= 4 is 53.2 Å². The predicted octanol–water partition coefficient (Wildman–Crippen LogP) is 6.95. The molecule has 0 bridgehead atoms. The van der Waals surface area contributed by atoms with E-state index in [1.807, 2.05) is 12.1 Å². The van der Waals surface area contributed by atoms with Crippen LogP contribution in [0.25, 0.3) is 0 Å². The second-order valence-corrected chi connectivity index (χ2v) is 13.8. The van der Waals surface area contributed by atoms with E-state index in [1.54, 1.807) is 23.9 Å². The number of carboxylic acids is 4. The zero-order valence-corrected chi connectivity index (χ0v) is 31.3.